The van der Waals surface area contributed by atoms with Crippen molar-refractivity contribution in [1.82, 2.24) is 5.32 Å². The van der Waals surface area contributed by atoms with Gasteiger partial charge in [0.05, 0.1) is 19.1 Å². The van der Waals surface area contributed by atoms with Crippen molar-refractivity contribution in [2.24, 2.45) is 5.92 Å². The molecule has 0 saturated heterocycles. The van der Waals surface area contributed by atoms with Crippen LogP contribution in [-0.2, 0) is 0 Å². The molecule has 1 N–H and O–H groups in total. The number of carbonyl (C=O) groups excluding carboxylic acids is 1. The van der Waals surface area contributed by atoms with Crippen molar-refractivity contribution in [1.29, 1.82) is 0 Å². The van der Waals surface area contributed by atoms with E-state index in [0.29, 0.717) is 24.0 Å². The molecule has 0 fully saturated rings. The van der Waals surface area contributed by atoms with E-state index in [-0.39, 0.29) is 11.8 Å². The Bertz CT molecular complexity index is 638. The van der Waals surface area contributed by atoms with Crippen LogP contribution in [0, 0.1) is 5.92 Å². The zero-order valence-corrected chi connectivity index (χ0v) is 14.8. The van der Waals surface area contributed by atoms with Crippen LogP contribution in [0.2, 0.25) is 0 Å². The quantitative estimate of drug-likeness (QED) is 0.835. The summed E-state index contributed by atoms with van der Waals surface area (Å²) >= 11 is 1.45. The van der Waals surface area contributed by atoms with Crippen LogP contribution >= 0.6 is 11.3 Å². The van der Waals surface area contributed by atoms with Crippen LogP contribution in [-0.4, -0.2) is 26.7 Å². The van der Waals surface area contributed by atoms with Gasteiger partial charge < -0.3 is 14.8 Å². The summed E-state index contributed by atoms with van der Waals surface area (Å²) < 4.78 is 10.7. The van der Waals surface area contributed by atoms with Crippen molar-refractivity contribution in [3.05, 3.63) is 46.2 Å². The predicted octanol–water partition coefficient (Wildman–Crippen LogP) is 3.93. The molecule has 2 aromatic rings. The second kappa shape index (κ2) is 8.02. The van der Waals surface area contributed by atoms with Gasteiger partial charge in [0.1, 0.15) is 0 Å². The third kappa shape index (κ3) is 4.26. The van der Waals surface area contributed by atoms with Crippen LogP contribution in [0.15, 0.2) is 35.7 Å². The monoisotopic (exact) mass is 333 g/mol. The van der Waals surface area contributed by atoms with E-state index in [0.717, 1.165) is 10.4 Å². The molecule has 124 valence electrons. The van der Waals surface area contributed by atoms with Crippen LogP contribution in [0.3, 0.4) is 0 Å². The molecule has 0 radical (unpaired) electrons. The first-order valence-corrected chi connectivity index (χ1v) is 8.48. The number of methoxy groups -OCH3 is 2. The van der Waals surface area contributed by atoms with Gasteiger partial charge in [0.15, 0.2) is 11.5 Å². The lowest BCUT2D eigenvalue weighted by Crippen LogP contribution is -2.29. The summed E-state index contributed by atoms with van der Waals surface area (Å²) in [5.74, 6) is 1.99. The summed E-state index contributed by atoms with van der Waals surface area (Å²) in [5, 5.41) is 4.94. The predicted molar refractivity (Wildman–Crippen MR) is 93.8 cm³/mol. The van der Waals surface area contributed by atoms with E-state index < -0.39 is 0 Å². The Kier molecular flexibility index (Phi) is 6.04. The van der Waals surface area contributed by atoms with Gasteiger partial charge in [-0.05, 0) is 35.1 Å². The minimum Gasteiger partial charge on any atom is -0.493 e. The SMILES string of the molecule is COc1ccc(C(CNC(=O)c2cccs2)C(C)C)cc1OC. The average Bonchev–Trinajstić information content (AvgIpc) is 3.08. The summed E-state index contributed by atoms with van der Waals surface area (Å²) in [6.07, 6.45) is 0. The molecule has 5 heteroatoms. The highest BCUT2D eigenvalue weighted by Crippen LogP contribution is 2.33. The van der Waals surface area contributed by atoms with Gasteiger partial charge in [0, 0.05) is 12.5 Å². The van der Waals surface area contributed by atoms with Gasteiger partial charge in [-0.25, -0.2) is 0 Å². The number of ether oxygens (including phenoxy) is 2. The summed E-state index contributed by atoms with van der Waals surface area (Å²) in [6.45, 7) is 4.89. The summed E-state index contributed by atoms with van der Waals surface area (Å²) in [4.78, 5) is 12.9. The summed E-state index contributed by atoms with van der Waals surface area (Å²) in [6, 6.07) is 9.64. The molecular formula is C18H23NO3S. The van der Waals surface area contributed by atoms with Gasteiger partial charge in [0.25, 0.3) is 5.91 Å². The Hall–Kier alpha value is -2.01. The number of carbonyl (C=O) groups is 1. The molecule has 23 heavy (non-hydrogen) atoms. The highest BCUT2D eigenvalue weighted by molar-refractivity contribution is 7.12. The molecule has 0 aliphatic heterocycles. The number of hydrogen-bond donors (Lipinski definition) is 1. The fourth-order valence-corrected chi connectivity index (χ4v) is 3.16. The van der Waals surface area contributed by atoms with Crippen molar-refractivity contribution in [3.8, 4) is 11.5 Å². The molecule has 4 nitrogen and oxygen atoms in total. The second-order valence-electron chi connectivity index (χ2n) is 5.65. The lowest BCUT2D eigenvalue weighted by Gasteiger charge is -2.23. The smallest absolute Gasteiger partial charge is 0.261 e. The highest BCUT2D eigenvalue weighted by atomic mass is 32.1. The minimum absolute atomic E-state index is 0.0221. The molecule has 0 bridgehead atoms. The minimum atomic E-state index is -0.0221. The fourth-order valence-electron chi connectivity index (χ4n) is 2.52. The highest BCUT2D eigenvalue weighted by Gasteiger charge is 2.19. The summed E-state index contributed by atoms with van der Waals surface area (Å²) in [7, 11) is 3.25. The number of hydrogen-bond acceptors (Lipinski definition) is 4. The second-order valence-corrected chi connectivity index (χ2v) is 6.60. The third-order valence-corrected chi connectivity index (χ3v) is 4.74. The molecule has 0 spiro atoms. The Balaban J connectivity index is 2.13. The fraction of sp³-hybridized carbons (Fsp3) is 0.389. The van der Waals surface area contributed by atoms with E-state index in [1.165, 1.54) is 11.3 Å². The largest absolute Gasteiger partial charge is 0.493 e. The van der Waals surface area contributed by atoms with Gasteiger partial charge in [-0.1, -0.05) is 26.0 Å². The lowest BCUT2D eigenvalue weighted by atomic mass is 9.88. The Morgan fingerprint density at radius 3 is 2.48 bits per heavy atom. The van der Waals surface area contributed by atoms with Gasteiger partial charge in [-0.15, -0.1) is 11.3 Å². The molecule has 1 heterocycles. The van der Waals surface area contributed by atoms with Crippen LogP contribution in [0.4, 0.5) is 0 Å². The molecule has 1 aromatic carbocycles. The summed E-state index contributed by atoms with van der Waals surface area (Å²) in [5.41, 5.74) is 1.13. The number of rotatable bonds is 7. The van der Waals surface area contributed by atoms with E-state index in [2.05, 4.69) is 19.2 Å². The van der Waals surface area contributed by atoms with E-state index in [1.54, 1.807) is 14.2 Å². The first-order chi connectivity index (χ1) is 11.1. The first kappa shape index (κ1) is 17.3. The van der Waals surface area contributed by atoms with E-state index >= 15 is 0 Å². The maximum absolute atomic E-state index is 12.1. The first-order valence-electron chi connectivity index (χ1n) is 7.60. The zero-order chi connectivity index (χ0) is 16.8. The molecule has 1 atom stereocenters. The van der Waals surface area contributed by atoms with Crippen LogP contribution in [0.5, 0.6) is 11.5 Å². The van der Waals surface area contributed by atoms with Gasteiger partial charge in [-0.2, -0.15) is 0 Å². The van der Waals surface area contributed by atoms with Crippen LogP contribution < -0.4 is 14.8 Å². The molecule has 1 amide bonds. The van der Waals surface area contributed by atoms with Gasteiger partial charge in [0.2, 0.25) is 0 Å². The maximum atomic E-state index is 12.1. The van der Waals surface area contributed by atoms with Crippen molar-refractivity contribution in [2.75, 3.05) is 20.8 Å². The van der Waals surface area contributed by atoms with Gasteiger partial charge in [-0.3, -0.25) is 4.79 Å². The Morgan fingerprint density at radius 1 is 1.17 bits per heavy atom. The maximum Gasteiger partial charge on any atom is 0.261 e. The topological polar surface area (TPSA) is 47.6 Å². The van der Waals surface area contributed by atoms with E-state index in [1.807, 2.05) is 35.7 Å². The van der Waals surface area contributed by atoms with Crippen molar-refractivity contribution in [3.63, 3.8) is 0 Å². The molecular weight excluding hydrogens is 310 g/mol. The van der Waals surface area contributed by atoms with Crippen molar-refractivity contribution in [2.45, 2.75) is 19.8 Å². The number of nitrogens with one attached hydrogen (secondary N) is 1. The zero-order valence-electron chi connectivity index (χ0n) is 14.0. The number of amides is 1. The normalized spacial score (nSPS) is 12.0. The third-order valence-electron chi connectivity index (χ3n) is 3.87. The molecule has 0 aliphatic rings. The standard InChI is InChI=1S/C18H23NO3S/c1-12(2)14(11-19-18(20)17-6-5-9-23-17)13-7-8-15(21-3)16(10-13)22-4/h5-10,12,14H,11H2,1-4H3,(H,19,20). The van der Waals surface area contributed by atoms with E-state index in [4.69, 9.17) is 9.47 Å². The van der Waals surface area contributed by atoms with Crippen molar-refractivity contribution >= 4 is 17.2 Å². The molecule has 0 saturated carbocycles. The molecule has 2 rings (SSSR count). The number of thiophene rings is 1. The van der Waals surface area contributed by atoms with Crippen LogP contribution in [0.1, 0.15) is 35.0 Å². The average molecular weight is 333 g/mol. The molecule has 0 aliphatic carbocycles. The molecule has 1 unspecified atom stereocenters. The number of benzene rings is 1. The van der Waals surface area contributed by atoms with Crippen molar-refractivity contribution < 1.29 is 14.3 Å². The Morgan fingerprint density at radius 2 is 1.91 bits per heavy atom. The van der Waals surface area contributed by atoms with E-state index in [9.17, 15) is 4.79 Å². The molecule has 1 aromatic heterocycles. The Labute approximate surface area is 141 Å². The van der Waals surface area contributed by atoms with Crippen LogP contribution in [0.25, 0.3) is 0 Å². The lowest BCUT2D eigenvalue weighted by molar-refractivity contribution is 0.0953. The van der Waals surface area contributed by atoms with Gasteiger partial charge >= 0.3 is 0 Å².